The molecule has 1 unspecified atom stereocenters. The highest BCUT2D eigenvalue weighted by Gasteiger charge is 2.20. The fraction of sp³-hybridized carbons (Fsp3) is 0.769. The van der Waals surface area contributed by atoms with Gasteiger partial charge in [0, 0.05) is 47.5 Å². The van der Waals surface area contributed by atoms with Crippen molar-refractivity contribution < 1.29 is 0 Å². The second-order valence-electron chi connectivity index (χ2n) is 5.05. The van der Waals surface area contributed by atoms with Gasteiger partial charge in [-0.1, -0.05) is 12.8 Å². The number of rotatable bonds is 4. The number of hydrogen-bond acceptors (Lipinski definition) is 4. The standard InChI is InChI=1S/C13H21N3S2/c1-2-4-11(3-1)16-6-5-14-13(16)15-9-12-10-17-7-8-18-12/h5-6,11-12H,1-4,7-10H2,(H,14,15). The zero-order valence-electron chi connectivity index (χ0n) is 10.7. The Balaban J connectivity index is 1.56. The molecule has 0 aromatic carbocycles. The van der Waals surface area contributed by atoms with E-state index in [0.29, 0.717) is 6.04 Å². The van der Waals surface area contributed by atoms with Gasteiger partial charge < -0.3 is 9.88 Å². The smallest absolute Gasteiger partial charge is 0.203 e. The van der Waals surface area contributed by atoms with Crippen LogP contribution in [0.2, 0.25) is 0 Å². The van der Waals surface area contributed by atoms with Gasteiger partial charge in [0.2, 0.25) is 5.95 Å². The molecule has 2 fully saturated rings. The number of nitrogens with one attached hydrogen (secondary N) is 1. The molecule has 2 heterocycles. The molecule has 3 rings (SSSR count). The summed E-state index contributed by atoms with van der Waals surface area (Å²) in [6.07, 6.45) is 9.46. The van der Waals surface area contributed by atoms with Gasteiger partial charge in [-0.3, -0.25) is 0 Å². The monoisotopic (exact) mass is 283 g/mol. The van der Waals surface area contributed by atoms with E-state index >= 15 is 0 Å². The summed E-state index contributed by atoms with van der Waals surface area (Å²) in [6.45, 7) is 1.06. The highest BCUT2D eigenvalue weighted by atomic mass is 32.2. The lowest BCUT2D eigenvalue weighted by atomic mass is 10.2. The van der Waals surface area contributed by atoms with Crippen LogP contribution in [-0.2, 0) is 0 Å². The molecule has 0 radical (unpaired) electrons. The highest BCUT2D eigenvalue weighted by molar-refractivity contribution is 8.06. The van der Waals surface area contributed by atoms with Gasteiger partial charge in [-0.25, -0.2) is 4.98 Å². The molecule has 0 bridgehead atoms. The third-order valence-corrected chi connectivity index (χ3v) is 6.60. The van der Waals surface area contributed by atoms with Crippen molar-refractivity contribution in [3.8, 4) is 0 Å². The Kier molecular flexibility index (Phi) is 4.41. The number of thioether (sulfide) groups is 2. The Hall–Kier alpha value is -0.290. The number of anilines is 1. The van der Waals surface area contributed by atoms with Crippen molar-refractivity contribution in [1.82, 2.24) is 9.55 Å². The van der Waals surface area contributed by atoms with E-state index in [4.69, 9.17) is 0 Å². The van der Waals surface area contributed by atoms with E-state index in [9.17, 15) is 0 Å². The van der Waals surface area contributed by atoms with Gasteiger partial charge in [0.15, 0.2) is 0 Å². The van der Waals surface area contributed by atoms with Crippen LogP contribution in [0.5, 0.6) is 0 Å². The Morgan fingerprint density at radius 2 is 2.22 bits per heavy atom. The number of nitrogens with zero attached hydrogens (tertiary/aromatic N) is 2. The van der Waals surface area contributed by atoms with Gasteiger partial charge in [-0.05, 0) is 12.8 Å². The molecule has 18 heavy (non-hydrogen) atoms. The van der Waals surface area contributed by atoms with Crippen LogP contribution in [0.15, 0.2) is 12.4 Å². The van der Waals surface area contributed by atoms with Crippen LogP contribution in [0.25, 0.3) is 0 Å². The maximum atomic E-state index is 4.48. The van der Waals surface area contributed by atoms with Crippen LogP contribution in [-0.4, -0.2) is 38.6 Å². The summed E-state index contributed by atoms with van der Waals surface area (Å²) in [7, 11) is 0. The van der Waals surface area contributed by atoms with E-state index in [1.165, 1.54) is 42.9 Å². The van der Waals surface area contributed by atoms with E-state index in [0.717, 1.165) is 17.7 Å². The maximum absolute atomic E-state index is 4.48. The molecule has 1 aromatic rings. The Morgan fingerprint density at radius 1 is 1.33 bits per heavy atom. The van der Waals surface area contributed by atoms with Crippen LogP contribution in [0, 0.1) is 0 Å². The number of hydrogen-bond donors (Lipinski definition) is 1. The van der Waals surface area contributed by atoms with Crippen LogP contribution in [0.1, 0.15) is 31.7 Å². The third-order valence-electron chi connectivity index (χ3n) is 3.76. The zero-order valence-corrected chi connectivity index (χ0v) is 12.3. The molecule has 100 valence electrons. The van der Waals surface area contributed by atoms with Crippen LogP contribution >= 0.6 is 23.5 Å². The molecular formula is C13H21N3S2. The first-order valence-electron chi connectivity index (χ1n) is 6.89. The van der Waals surface area contributed by atoms with Gasteiger partial charge in [0.1, 0.15) is 0 Å². The largest absolute Gasteiger partial charge is 0.355 e. The Labute approximate surface area is 118 Å². The molecule has 0 spiro atoms. The van der Waals surface area contributed by atoms with Gasteiger partial charge in [-0.2, -0.15) is 23.5 Å². The number of imidazole rings is 1. The minimum Gasteiger partial charge on any atom is -0.355 e. The fourth-order valence-electron chi connectivity index (χ4n) is 2.79. The first-order chi connectivity index (χ1) is 8.93. The molecule has 1 saturated heterocycles. The molecule has 1 aliphatic heterocycles. The topological polar surface area (TPSA) is 29.9 Å². The van der Waals surface area contributed by atoms with Gasteiger partial charge in [-0.15, -0.1) is 0 Å². The molecule has 3 nitrogen and oxygen atoms in total. The summed E-state index contributed by atoms with van der Waals surface area (Å²) in [5.74, 6) is 4.98. The predicted molar refractivity (Wildman–Crippen MR) is 81.8 cm³/mol. The van der Waals surface area contributed by atoms with Gasteiger partial charge >= 0.3 is 0 Å². The van der Waals surface area contributed by atoms with Crippen LogP contribution < -0.4 is 5.32 Å². The predicted octanol–water partition coefficient (Wildman–Crippen LogP) is 3.26. The fourth-order valence-corrected chi connectivity index (χ4v) is 5.40. The second kappa shape index (κ2) is 6.24. The average Bonchev–Trinajstić information content (AvgIpc) is 3.08. The molecule has 1 N–H and O–H groups in total. The van der Waals surface area contributed by atoms with Crippen molar-refractivity contribution in [2.45, 2.75) is 37.0 Å². The van der Waals surface area contributed by atoms with Crippen molar-refractivity contribution in [2.24, 2.45) is 0 Å². The van der Waals surface area contributed by atoms with E-state index in [2.05, 4.69) is 44.6 Å². The van der Waals surface area contributed by atoms with Crippen molar-refractivity contribution in [1.29, 1.82) is 0 Å². The molecular weight excluding hydrogens is 262 g/mol. The van der Waals surface area contributed by atoms with E-state index < -0.39 is 0 Å². The summed E-state index contributed by atoms with van der Waals surface area (Å²) in [6, 6.07) is 0.684. The molecule has 1 saturated carbocycles. The number of aromatic nitrogens is 2. The normalized spacial score (nSPS) is 25.4. The van der Waals surface area contributed by atoms with E-state index in [1.807, 2.05) is 6.20 Å². The average molecular weight is 283 g/mol. The quantitative estimate of drug-likeness (QED) is 0.918. The minimum atomic E-state index is 0.684. The first kappa shape index (κ1) is 12.7. The molecule has 0 amide bonds. The van der Waals surface area contributed by atoms with Crippen molar-refractivity contribution in [3.63, 3.8) is 0 Å². The lowest BCUT2D eigenvalue weighted by Crippen LogP contribution is -2.24. The third kappa shape index (κ3) is 2.99. The lowest BCUT2D eigenvalue weighted by molar-refractivity contribution is 0.523. The van der Waals surface area contributed by atoms with Crippen LogP contribution in [0.4, 0.5) is 5.95 Å². The van der Waals surface area contributed by atoms with E-state index in [1.54, 1.807) is 0 Å². The summed E-state index contributed by atoms with van der Waals surface area (Å²) < 4.78 is 2.35. The van der Waals surface area contributed by atoms with E-state index in [-0.39, 0.29) is 0 Å². The zero-order chi connectivity index (χ0) is 12.2. The maximum Gasteiger partial charge on any atom is 0.203 e. The minimum absolute atomic E-state index is 0.684. The summed E-state index contributed by atoms with van der Waals surface area (Å²) in [4.78, 5) is 4.48. The first-order valence-corrected chi connectivity index (χ1v) is 9.10. The summed E-state index contributed by atoms with van der Waals surface area (Å²) in [5, 5.41) is 4.31. The Bertz CT molecular complexity index is 368. The highest BCUT2D eigenvalue weighted by Crippen LogP contribution is 2.31. The lowest BCUT2D eigenvalue weighted by Gasteiger charge is -2.22. The Morgan fingerprint density at radius 3 is 3.00 bits per heavy atom. The van der Waals surface area contributed by atoms with Crippen molar-refractivity contribution in [3.05, 3.63) is 12.4 Å². The van der Waals surface area contributed by atoms with Crippen LogP contribution in [0.3, 0.4) is 0 Å². The van der Waals surface area contributed by atoms with Gasteiger partial charge in [0.25, 0.3) is 0 Å². The molecule has 5 heteroatoms. The molecule has 1 aromatic heterocycles. The SMILES string of the molecule is c1cn(C2CCCC2)c(NCC2CSCCS2)n1. The summed E-state index contributed by atoms with van der Waals surface area (Å²) in [5.41, 5.74) is 0. The summed E-state index contributed by atoms with van der Waals surface area (Å²) >= 11 is 4.18. The second-order valence-corrected chi connectivity index (χ2v) is 7.60. The molecule has 2 aliphatic rings. The van der Waals surface area contributed by atoms with Crippen molar-refractivity contribution >= 4 is 29.5 Å². The van der Waals surface area contributed by atoms with Crippen molar-refractivity contribution in [2.75, 3.05) is 29.1 Å². The van der Waals surface area contributed by atoms with Gasteiger partial charge in [0.05, 0.1) is 0 Å². The molecule has 1 atom stereocenters. The molecule has 1 aliphatic carbocycles.